The van der Waals surface area contributed by atoms with E-state index in [-0.39, 0.29) is 5.56 Å². The summed E-state index contributed by atoms with van der Waals surface area (Å²) in [5, 5.41) is 0.313. The molecule has 0 aliphatic heterocycles. The summed E-state index contributed by atoms with van der Waals surface area (Å²) in [6.45, 7) is 4.75. The fraction of sp³-hybridized carbons (Fsp3) is 0.467. The monoisotopic (exact) mass is 294 g/mol. The van der Waals surface area contributed by atoms with Crippen LogP contribution in [0, 0.1) is 5.92 Å². The minimum Gasteiger partial charge on any atom is -0.384 e. The van der Waals surface area contributed by atoms with Crippen molar-refractivity contribution >= 4 is 17.2 Å². The SMILES string of the molecule is COCCc1ccn2c(=O)c(CC(C)C)c(Cl)nc2c1. The van der Waals surface area contributed by atoms with Crippen LogP contribution >= 0.6 is 11.6 Å². The van der Waals surface area contributed by atoms with Crippen LogP contribution in [0.4, 0.5) is 0 Å². The lowest BCUT2D eigenvalue weighted by Gasteiger charge is -2.09. The summed E-state index contributed by atoms with van der Waals surface area (Å²) in [6.07, 6.45) is 3.18. The van der Waals surface area contributed by atoms with E-state index < -0.39 is 0 Å². The zero-order valence-corrected chi connectivity index (χ0v) is 12.8. The highest BCUT2D eigenvalue weighted by molar-refractivity contribution is 6.30. The minimum absolute atomic E-state index is 0.0769. The summed E-state index contributed by atoms with van der Waals surface area (Å²) in [5.74, 6) is 0.362. The van der Waals surface area contributed by atoms with Crippen molar-refractivity contribution in [3.05, 3.63) is 45.0 Å². The van der Waals surface area contributed by atoms with Crippen LogP contribution in [-0.2, 0) is 17.6 Å². The number of methoxy groups -OCH3 is 1. The number of fused-ring (bicyclic) bond motifs is 1. The Kier molecular flexibility index (Phi) is 4.78. The van der Waals surface area contributed by atoms with Crippen LogP contribution in [0.25, 0.3) is 5.65 Å². The molecule has 0 bridgehead atoms. The van der Waals surface area contributed by atoms with Gasteiger partial charge in [0.25, 0.3) is 5.56 Å². The van der Waals surface area contributed by atoms with Crippen molar-refractivity contribution in [2.75, 3.05) is 13.7 Å². The molecule has 0 saturated heterocycles. The number of hydrogen-bond acceptors (Lipinski definition) is 3. The van der Waals surface area contributed by atoms with Crippen molar-refractivity contribution in [2.45, 2.75) is 26.7 Å². The lowest BCUT2D eigenvalue weighted by Crippen LogP contribution is -2.21. The highest BCUT2D eigenvalue weighted by atomic mass is 35.5. The molecular weight excluding hydrogens is 276 g/mol. The molecule has 2 aromatic rings. The summed E-state index contributed by atoms with van der Waals surface area (Å²) in [7, 11) is 1.67. The first-order valence-electron chi connectivity index (χ1n) is 6.71. The molecule has 0 unspecified atom stereocenters. The summed E-state index contributed by atoms with van der Waals surface area (Å²) in [5.41, 5.74) is 2.17. The van der Waals surface area contributed by atoms with Gasteiger partial charge in [-0.1, -0.05) is 25.4 Å². The van der Waals surface area contributed by atoms with E-state index in [9.17, 15) is 4.79 Å². The lowest BCUT2D eigenvalue weighted by atomic mass is 10.1. The number of nitrogens with zero attached hydrogens (tertiary/aromatic N) is 2. The zero-order chi connectivity index (χ0) is 14.7. The maximum atomic E-state index is 12.4. The highest BCUT2D eigenvalue weighted by Gasteiger charge is 2.12. The normalized spacial score (nSPS) is 11.4. The van der Waals surface area contributed by atoms with E-state index in [1.54, 1.807) is 17.7 Å². The standard InChI is InChI=1S/C15H19ClN2O2/c1-10(2)8-12-14(16)17-13-9-11(5-7-20-3)4-6-18(13)15(12)19/h4,6,9-10H,5,7-8H2,1-3H3. The molecule has 0 N–H and O–H groups in total. The van der Waals surface area contributed by atoms with Crippen LogP contribution in [0.1, 0.15) is 25.0 Å². The zero-order valence-electron chi connectivity index (χ0n) is 12.0. The molecule has 0 saturated carbocycles. The van der Waals surface area contributed by atoms with Crippen LogP contribution in [0.5, 0.6) is 0 Å². The van der Waals surface area contributed by atoms with E-state index >= 15 is 0 Å². The van der Waals surface area contributed by atoms with Crippen LogP contribution < -0.4 is 5.56 Å². The maximum absolute atomic E-state index is 12.4. The number of ether oxygens (including phenoxy) is 1. The van der Waals surface area contributed by atoms with Gasteiger partial charge in [-0.3, -0.25) is 9.20 Å². The number of aromatic nitrogens is 2. The molecule has 0 fully saturated rings. The van der Waals surface area contributed by atoms with Gasteiger partial charge in [0.05, 0.1) is 12.2 Å². The predicted molar refractivity (Wildman–Crippen MR) is 80.6 cm³/mol. The largest absolute Gasteiger partial charge is 0.384 e. The lowest BCUT2D eigenvalue weighted by molar-refractivity contribution is 0.202. The fourth-order valence-corrected chi connectivity index (χ4v) is 2.39. The molecule has 20 heavy (non-hydrogen) atoms. The van der Waals surface area contributed by atoms with Crippen molar-refractivity contribution < 1.29 is 4.74 Å². The van der Waals surface area contributed by atoms with Crippen LogP contribution in [0.15, 0.2) is 23.1 Å². The Labute approximate surface area is 123 Å². The van der Waals surface area contributed by atoms with Gasteiger partial charge in [-0.2, -0.15) is 0 Å². The summed E-state index contributed by atoms with van der Waals surface area (Å²) < 4.78 is 6.61. The summed E-state index contributed by atoms with van der Waals surface area (Å²) in [4.78, 5) is 16.8. The van der Waals surface area contributed by atoms with Crippen molar-refractivity contribution in [1.29, 1.82) is 0 Å². The number of hydrogen-bond donors (Lipinski definition) is 0. The van der Waals surface area contributed by atoms with Crippen LogP contribution in [0.2, 0.25) is 5.15 Å². The van der Waals surface area contributed by atoms with Gasteiger partial charge in [-0.05, 0) is 36.5 Å². The van der Waals surface area contributed by atoms with Crippen molar-refractivity contribution in [3.63, 3.8) is 0 Å². The quantitative estimate of drug-likeness (QED) is 0.797. The van der Waals surface area contributed by atoms with E-state index in [1.165, 1.54) is 0 Å². The van der Waals surface area contributed by atoms with Gasteiger partial charge in [0.2, 0.25) is 0 Å². The van der Waals surface area contributed by atoms with Crippen molar-refractivity contribution in [1.82, 2.24) is 9.38 Å². The van der Waals surface area contributed by atoms with Gasteiger partial charge in [0, 0.05) is 13.3 Å². The van der Waals surface area contributed by atoms with Gasteiger partial charge in [-0.15, -0.1) is 0 Å². The Hall–Kier alpha value is -1.39. The molecule has 108 valence electrons. The molecule has 0 amide bonds. The van der Waals surface area contributed by atoms with Gasteiger partial charge >= 0.3 is 0 Å². The second-order valence-electron chi connectivity index (χ2n) is 5.29. The molecule has 2 heterocycles. The van der Waals surface area contributed by atoms with Crippen LogP contribution in [0.3, 0.4) is 0 Å². The Balaban J connectivity index is 2.49. The minimum atomic E-state index is -0.0769. The second-order valence-corrected chi connectivity index (χ2v) is 5.65. The summed E-state index contributed by atoms with van der Waals surface area (Å²) in [6, 6.07) is 3.80. The first kappa shape index (κ1) is 15.0. The topological polar surface area (TPSA) is 43.6 Å². The molecule has 0 aliphatic carbocycles. The van der Waals surface area contributed by atoms with Gasteiger partial charge in [0.15, 0.2) is 0 Å². The number of rotatable bonds is 5. The Morgan fingerprint density at radius 3 is 2.85 bits per heavy atom. The fourth-order valence-electron chi connectivity index (χ4n) is 2.14. The predicted octanol–water partition coefficient (Wildman–Crippen LogP) is 2.74. The molecule has 0 aromatic carbocycles. The smallest absolute Gasteiger partial charge is 0.262 e. The molecule has 0 spiro atoms. The van der Waals surface area contributed by atoms with E-state index in [1.807, 2.05) is 12.1 Å². The Morgan fingerprint density at radius 2 is 2.20 bits per heavy atom. The molecule has 5 heteroatoms. The maximum Gasteiger partial charge on any atom is 0.262 e. The molecule has 0 radical (unpaired) electrons. The van der Waals surface area contributed by atoms with Crippen molar-refractivity contribution in [3.8, 4) is 0 Å². The first-order chi connectivity index (χ1) is 9.52. The van der Waals surface area contributed by atoms with E-state index in [4.69, 9.17) is 16.3 Å². The molecule has 2 rings (SSSR count). The first-order valence-corrected chi connectivity index (χ1v) is 7.09. The Morgan fingerprint density at radius 1 is 1.45 bits per heavy atom. The van der Waals surface area contributed by atoms with Gasteiger partial charge in [-0.25, -0.2) is 4.98 Å². The van der Waals surface area contributed by atoms with E-state index in [0.717, 1.165) is 12.0 Å². The Bertz CT molecular complexity index is 665. The van der Waals surface area contributed by atoms with E-state index in [2.05, 4.69) is 18.8 Å². The average Bonchev–Trinajstić information content (AvgIpc) is 2.40. The van der Waals surface area contributed by atoms with E-state index in [0.29, 0.717) is 35.3 Å². The molecule has 0 atom stereocenters. The van der Waals surface area contributed by atoms with Crippen molar-refractivity contribution in [2.24, 2.45) is 5.92 Å². The number of halogens is 1. The average molecular weight is 295 g/mol. The molecule has 4 nitrogen and oxygen atoms in total. The molecule has 2 aromatic heterocycles. The molecular formula is C15H19ClN2O2. The third-order valence-electron chi connectivity index (χ3n) is 3.14. The number of pyridine rings is 1. The third-order valence-corrected chi connectivity index (χ3v) is 3.46. The summed E-state index contributed by atoms with van der Waals surface area (Å²) >= 11 is 6.16. The highest BCUT2D eigenvalue weighted by Crippen LogP contribution is 2.15. The molecule has 0 aliphatic rings. The van der Waals surface area contributed by atoms with Crippen LogP contribution in [-0.4, -0.2) is 23.1 Å². The van der Waals surface area contributed by atoms with Gasteiger partial charge in [0.1, 0.15) is 10.8 Å². The second kappa shape index (κ2) is 6.37. The van der Waals surface area contributed by atoms with Gasteiger partial charge < -0.3 is 4.74 Å². The third kappa shape index (κ3) is 3.19.